The Kier molecular flexibility index (Phi) is 4.65. The largest absolute Gasteiger partial charge is 0.496 e. The number of hydrogen-bond acceptors (Lipinski definition) is 4. The molecule has 0 aliphatic heterocycles. The van der Waals surface area contributed by atoms with Gasteiger partial charge in [0.1, 0.15) is 11.3 Å². The highest BCUT2D eigenvalue weighted by molar-refractivity contribution is 6.20. The second kappa shape index (κ2) is 6.79. The predicted octanol–water partition coefficient (Wildman–Crippen LogP) is 4.65. The first-order valence-corrected chi connectivity index (χ1v) is 7.82. The molecule has 0 atom stereocenters. The van der Waals surface area contributed by atoms with Crippen LogP contribution in [0, 0.1) is 0 Å². The summed E-state index contributed by atoms with van der Waals surface area (Å²) in [5, 5.41) is 0.468. The third-order valence-electron chi connectivity index (χ3n) is 3.92. The molecule has 0 saturated heterocycles. The molecule has 2 aromatic carbocycles. The average Bonchev–Trinajstić information content (AvgIpc) is 3.05. The van der Waals surface area contributed by atoms with Gasteiger partial charge in [-0.3, -0.25) is 9.59 Å². The number of rotatable bonds is 3. The number of amides is 2. The molecule has 0 aliphatic rings. The number of carbonyl (C=O) groups is 2. The smallest absolute Gasteiger partial charge is 0.418 e. The van der Waals surface area contributed by atoms with Gasteiger partial charge in [-0.15, -0.1) is 0 Å². The summed E-state index contributed by atoms with van der Waals surface area (Å²) in [6.07, 6.45) is -4.73. The van der Waals surface area contributed by atoms with Gasteiger partial charge in [0.05, 0.1) is 23.7 Å². The summed E-state index contributed by atoms with van der Waals surface area (Å²) < 4.78 is 50.6. The number of furan rings is 1. The van der Waals surface area contributed by atoms with E-state index in [0.717, 1.165) is 19.1 Å². The summed E-state index contributed by atoms with van der Waals surface area (Å²) in [5.41, 5.74) is -1.34. The molecule has 0 aliphatic carbocycles. The minimum absolute atomic E-state index is 0.276. The first-order valence-electron chi connectivity index (χ1n) is 7.82. The Bertz CT molecular complexity index is 1020. The van der Waals surface area contributed by atoms with E-state index in [1.807, 2.05) is 0 Å². The SMILES string of the molecule is COc1cccc2oc(C(=O)N(C(C)=O)c3ccccc3C(F)(F)F)cc12. The molecule has 1 aromatic heterocycles. The molecular formula is C19H14F3NO4. The molecule has 0 fully saturated rings. The van der Waals surface area contributed by atoms with Crippen molar-refractivity contribution < 1.29 is 31.9 Å². The number of halogens is 3. The lowest BCUT2D eigenvalue weighted by molar-refractivity contribution is -0.137. The van der Waals surface area contributed by atoms with Gasteiger partial charge in [0.15, 0.2) is 5.76 Å². The Labute approximate surface area is 151 Å². The summed E-state index contributed by atoms with van der Waals surface area (Å²) in [4.78, 5) is 25.3. The van der Waals surface area contributed by atoms with E-state index in [2.05, 4.69) is 0 Å². The molecule has 0 saturated carbocycles. The highest BCUT2D eigenvalue weighted by atomic mass is 19.4. The topological polar surface area (TPSA) is 59.8 Å². The molecule has 8 heteroatoms. The highest BCUT2D eigenvalue weighted by Gasteiger charge is 2.37. The van der Waals surface area contributed by atoms with Gasteiger partial charge < -0.3 is 9.15 Å². The number of nitrogens with zero attached hydrogens (tertiary/aromatic N) is 1. The maximum absolute atomic E-state index is 13.3. The standard InChI is InChI=1S/C19H14F3NO4/c1-11(24)23(14-7-4-3-6-13(14)19(20,21)22)18(25)17-10-12-15(26-2)8-5-9-16(12)27-17/h3-10H,1-2H3. The molecule has 140 valence electrons. The molecule has 5 nitrogen and oxygen atoms in total. The lowest BCUT2D eigenvalue weighted by Gasteiger charge is -2.22. The van der Waals surface area contributed by atoms with Gasteiger partial charge in [0, 0.05) is 13.0 Å². The van der Waals surface area contributed by atoms with E-state index in [4.69, 9.17) is 9.15 Å². The van der Waals surface area contributed by atoms with Gasteiger partial charge in [0.25, 0.3) is 0 Å². The molecule has 2 amide bonds. The number of carbonyl (C=O) groups excluding carboxylic acids is 2. The molecule has 0 N–H and O–H groups in total. The number of hydrogen-bond donors (Lipinski definition) is 0. The zero-order valence-electron chi connectivity index (χ0n) is 14.3. The average molecular weight is 377 g/mol. The molecule has 3 aromatic rings. The molecule has 3 rings (SSSR count). The first-order chi connectivity index (χ1) is 12.7. The summed E-state index contributed by atoms with van der Waals surface area (Å²) in [6.45, 7) is 1.01. The Morgan fingerprint density at radius 3 is 2.41 bits per heavy atom. The van der Waals surface area contributed by atoms with Crippen LogP contribution in [0.1, 0.15) is 23.0 Å². The van der Waals surface area contributed by atoms with Gasteiger partial charge in [-0.25, -0.2) is 4.90 Å². The third-order valence-corrected chi connectivity index (χ3v) is 3.92. The minimum Gasteiger partial charge on any atom is -0.496 e. The molecule has 0 radical (unpaired) electrons. The molecule has 0 spiro atoms. The number of anilines is 1. The summed E-state index contributed by atoms with van der Waals surface area (Å²) >= 11 is 0. The number of para-hydroxylation sites is 1. The predicted molar refractivity (Wildman–Crippen MR) is 91.7 cm³/mol. The van der Waals surface area contributed by atoms with Crippen molar-refractivity contribution in [3.8, 4) is 5.75 Å². The summed E-state index contributed by atoms with van der Waals surface area (Å²) in [6, 6.07) is 10.6. The fourth-order valence-electron chi connectivity index (χ4n) is 2.76. The van der Waals surface area contributed by atoms with Gasteiger partial charge >= 0.3 is 12.1 Å². The highest BCUT2D eigenvalue weighted by Crippen LogP contribution is 2.37. The number of alkyl halides is 3. The van der Waals surface area contributed by atoms with Crippen LogP contribution in [0.2, 0.25) is 0 Å². The van der Waals surface area contributed by atoms with Gasteiger partial charge in [0.2, 0.25) is 5.91 Å². The van der Waals surface area contributed by atoms with Crippen LogP contribution < -0.4 is 9.64 Å². The van der Waals surface area contributed by atoms with Crippen LogP contribution in [0.4, 0.5) is 18.9 Å². The quantitative estimate of drug-likeness (QED) is 0.666. The van der Waals surface area contributed by atoms with Crippen LogP contribution in [-0.2, 0) is 11.0 Å². The van der Waals surface area contributed by atoms with Gasteiger partial charge in [-0.05, 0) is 24.3 Å². The fourth-order valence-corrected chi connectivity index (χ4v) is 2.76. The van der Waals surface area contributed by atoms with Crippen LogP contribution >= 0.6 is 0 Å². The summed E-state index contributed by atoms with van der Waals surface area (Å²) in [7, 11) is 1.44. The molecule has 0 unspecified atom stereocenters. The van der Waals surface area contributed by atoms with Crippen molar-refractivity contribution in [2.45, 2.75) is 13.1 Å². The van der Waals surface area contributed by atoms with Crippen molar-refractivity contribution in [3.63, 3.8) is 0 Å². The van der Waals surface area contributed by atoms with E-state index in [9.17, 15) is 22.8 Å². The van der Waals surface area contributed by atoms with Gasteiger partial charge in [-0.1, -0.05) is 18.2 Å². The Balaban J connectivity index is 2.13. The van der Waals surface area contributed by atoms with E-state index >= 15 is 0 Å². The van der Waals surface area contributed by atoms with Gasteiger partial charge in [-0.2, -0.15) is 13.2 Å². The molecule has 27 heavy (non-hydrogen) atoms. The van der Waals surface area contributed by atoms with E-state index in [1.54, 1.807) is 18.2 Å². The first kappa shape index (κ1) is 18.5. The number of ether oxygens (including phenoxy) is 1. The van der Waals surface area contributed by atoms with Crippen LogP contribution in [-0.4, -0.2) is 18.9 Å². The Morgan fingerprint density at radius 1 is 1.07 bits per heavy atom. The van der Waals surface area contributed by atoms with Crippen LogP contribution in [0.15, 0.2) is 52.9 Å². The maximum atomic E-state index is 13.3. The third kappa shape index (κ3) is 3.38. The second-order valence-corrected chi connectivity index (χ2v) is 5.66. The van der Waals surface area contributed by atoms with Crippen molar-refractivity contribution in [2.75, 3.05) is 12.0 Å². The van der Waals surface area contributed by atoms with Crippen LogP contribution in [0.5, 0.6) is 5.75 Å². The normalized spacial score (nSPS) is 11.4. The Hall–Kier alpha value is -3.29. The van der Waals surface area contributed by atoms with Crippen LogP contribution in [0.3, 0.4) is 0 Å². The zero-order valence-corrected chi connectivity index (χ0v) is 14.3. The molecular weight excluding hydrogens is 363 g/mol. The van der Waals surface area contributed by atoms with E-state index < -0.39 is 29.2 Å². The number of fused-ring (bicyclic) bond motifs is 1. The summed E-state index contributed by atoms with van der Waals surface area (Å²) in [5.74, 6) is -1.72. The van der Waals surface area contributed by atoms with E-state index in [0.29, 0.717) is 21.6 Å². The fraction of sp³-hybridized carbons (Fsp3) is 0.158. The number of benzene rings is 2. The monoisotopic (exact) mass is 377 g/mol. The zero-order chi connectivity index (χ0) is 19.8. The molecule has 1 heterocycles. The van der Waals surface area contributed by atoms with Crippen molar-refractivity contribution in [1.29, 1.82) is 0 Å². The second-order valence-electron chi connectivity index (χ2n) is 5.66. The maximum Gasteiger partial charge on any atom is 0.418 e. The van der Waals surface area contributed by atoms with Crippen molar-refractivity contribution >= 4 is 28.5 Å². The number of imide groups is 1. The Morgan fingerprint density at radius 2 is 1.78 bits per heavy atom. The van der Waals surface area contributed by atoms with Crippen molar-refractivity contribution in [3.05, 3.63) is 59.9 Å². The molecule has 0 bridgehead atoms. The van der Waals surface area contributed by atoms with E-state index in [1.165, 1.54) is 25.3 Å². The van der Waals surface area contributed by atoms with Crippen LogP contribution in [0.25, 0.3) is 11.0 Å². The van der Waals surface area contributed by atoms with Crippen molar-refractivity contribution in [2.24, 2.45) is 0 Å². The van der Waals surface area contributed by atoms with Crippen molar-refractivity contribution in [1.82, 2.24) is 0 Å². The lowest BCUT2D eigenvalue weighted by Crippen LogP contribution is -2.36. The lowest BCUT2D eigenvalue weighted by atomic mass is 10.1. The van der Waals surface area contributed by atoms with E-state index in [-0.39, 0.29) is 5.76 Å². The number of methoxy groups -OCH3 is 1. The minimum atomic E-state index is -4.73.